The van der Waals surface area contributed by atoms with Gasteiger partial charge in [-0.1, -0.05) is 42.5 Å². The Bertz CT molecular complexity index is 1110. The average Bonchev–Trinajstić information content (AvgIpc) is 3.20. The van der Waals surface area contributed by atoms with Crippen molar-refractivity contribution >= 4 is 16.1 Å². The van der Waals surface area contributed by atoms with Gasteiger partial charge in [0.25, 0.3) is 0 Å². The van der Waals surface area contributed by atoms with Crippen LogP contribution in [0.5, 0.6) is 0 Å². The van der Waals surface area contributed by atoms with Crippen molar-refractivity contribution in [3.63, 3.8) is 0 Å². The number of aromatic nitrogens is 2. The minimum Gasteiger partial charge on any atom is -0.334 e. The summed E-state index contributed by atoms with van der Waals surface area (Å²) in [4.78, 5) is 12.2. The van der Waals surface area contributed by atoms with Crippen LogP contribution in [0, 0.1) is 0 Å². The van der Waals surface area contributed by atoms with E-state index in [1.165, 1.54) is 0 Å². The Balaban J connectivity index is 1.53. The molecule has 164 valence electrons. The van der Waals surface area contributed by atoms with Crippen molar-refractivity contribution in [3.05, 3.63) is 83.7 Å². The van der Waals surface area contributed by atoms with Crippen LogP contribution in [-0.4, -0.2) is 30.3 Å². The van der Waals surface area contributed by atoms with Gasteiger partial charge in [0, 0.05) is 30.9 Å². The Morgan fingerprint density at radius 3 is 2.32 bits per heavy atom. The van der Waals surface area contributed by atoms with Gasteiger partial charge in [-0.2, -0.15) is 5.10 Å². The first-order valence-electron chi connectivity index (χ1n) is 10.00. The molecule has 3 N–H and O–H groups in total. The Kier molecular flexibility index (Phi) is 7.43. The maximum absolute atomic E-state index is 12.2. The zero-order chi connectivity index (χ0) is 22.3. The third-order valence-corrected chi connectivity index (χ3v) is 5.95. The summed E-state index contributed by atoms with van der Waals surface area (Å²) in [5.74, 6) is -0.136. The molecule has 2 amide bonds. The van der Waals surface area contributed by atoms with Gasteiger partial charge in [-0.25, -0.2) is 22.6 Å². The number of carbonyl (C=O) groups excluding carboxylic acids is 1. The van der Waals surface area contributed by atoms with E-state index in [4.69, 9.17) is 0 Å². The van der Waals surface area contributed by atoms with Crippen LogP contribution in [0.1, 0.15) is 30.5 Å². The normalized spacial score (nSPS) is 11.5. The smallest absolute Gasteiger partial charge is 0.315 e. The molecule has 0 radical (unpaired) electrons. The fraction of sp³-hybridized carbons (Fsp3) is 0.273. The maximum atomic E-state index is 12.2. The van der Waals surface area contributed by atoms with E-state index in [2.05, 4.69) is 20.5 Å². The molecule has 31 heavy (non-hydrogen) atoms. The Morgan fingerprint density at radius 2 is 1.61 bits per heavy atom. The summed E-state index contributed by atoms with van der Waals surface area (Å²) < 4.78 is 28.8. The van der Waals surface area contributed by atoms with Crippen LogP contribution in [0.2, 0.25) is 0 Å². The summed E-state index contributed by atoms with van der Waals surface area (Å²) >= 11 is 0. The van der Waals surface area contributed by atoms with Crippen molar-refractivity contribution < 1.29 is 13.2 Å². The van der Waals surface area contributed by atoms with E-state index >= 15 is 0 Å². The molecule has 0 saturated carbocycles. The summed E-state index contributed by atoms with van der Waals surface area (Å²) in [6.45, 7) is 4.10. The van der Waals surface area contributed by atoms with E-state index in [-0.39, 0.29) is 24.4 Å². The van der Waals surface area contributed by atoms with E-state index in [9.17, 15) is 13.2 Å². The summed E-state index contributed by atoms with van der Waals surface area (Å²) in [6, 6.07) is 16.4. The number of carbonyl (C=O) groups is 1. The van der Waals surface area contributed by atoms with Crippen molar-refractivity contribution in [2.75, 3.05) is 0 Å². The number of nitrogens with zero attached hydrogens (tertiary/aromatic N) is 2. The van der Waals surface area contributed by atoms with Crippen LogP contribution in [0.3, 0.4) is 0 Å². The van der Waals surface area contributed by atoms with Gasteiger partial charge < -0.3 is 10.6 Å². The standard InChI is InChI=1S/C22H27N5O3S/c1-17(2)26-31(29,30)16-20-9-7-6-8-19(20)14-24-22(28)23-12-18-13-25-27(15-18)21-10-4-3-5-11-21/h3-11,13,15,17,26H,12,14,16H2,1-2H3,(H2,23,24,28). The van der Waals surface area contributed by atoms with Gasteiger partial charge in [-0.15, -0.1) is 0 Å². The summed E-state index contributed by atoms with van der Waals surface area (Å²) in [7, 11) is -3.45. The van der Waals surface area contributed by atoms with Crippen LogP contribution in [0.25, 0.3) is 5.69 Å². The van der Waals surface area contributed by atoms with E-state index in [0.717, 1.165) is 16.8 Å². The molecule has 0 atom stereocenters. The number of amides is 2. The number of rotatable bonds is 9. The fourth-order valence-electron chi connectivity index (χ4n) is 3.07. The summed E-state index contributed by atoms with van der Waals surface area (Å²) in [5, 5.41) is 9.88. The molecule has 0 aliphatic heterocycles. The van der Waals surface area contributed by atoms with Gasteiger partial charge in [0.15, 0.2) is 0 Å². The van der Waals surface area contributed by atoms with E-state index < -0.39 is 10.0 Å². The number of hydrogen-bond acceptors (Lipinski definition) is 4. The zero-order valence-electron chi connectivity index (χ0n) is 17.6. The molecule has 0 aliphatic rings. The number of benzene rings is 2. The van der Waals surface area contributed by atoms with Crippen LogP contribution < -0.4 is 15.4 Å². The number of hydrogen-bond donors (Lipinski definition) is 3. The van der Waals surface area contributed by atoms with Gasteiger partial charge >= 0.3 is 6.03 Å². The topological polar surface area (TPSA) is 105 Å². The van der Waals surface area contributed by atoms with E-state index in [1.54, 1.807) is 36.9 Å². The molecule has 0 unspecified atom stereocenters. The highest BCUT2D eigenvalue weighted by Crippen LogP contribution is 2.12. The second-order valence-electron chi connectivity index (χ2n) is 7.47. The van der Waals surface area contributed by atoms with Crippen molar-refractivity contribution in [1.82, 2.24) is 25.1 Å². The van der Waals surface area contributed by atoms with Crippen LogP contribution >= 0.6 is 0 Å². The second-order valence-corrected chi connectivity index (χ2v) is 9.22. The van der Waals surface area contributed by atoms with Crippen molar-refractivity contribution in [3.8, 4) is 5.69 Å². The van der Waals surface area contributed by atoms with Crippen molar-refractivity contribution in [2.45, 2.75) is 38.7 Å². The van der Waals surface area contributed by atoms with Gasteiger partial charge in [0.1, 0.15) is 0 Å². The van der Waals surface area contributed by atoms with Crippen molar-refractivity contribution in [1.29, 1.82) is 0 Å². The minimum atomic E-state index is -3.45. The van der Waals surface area contributed by atoms with E-state index in [0.29, 0.717) is 12.1 Å². The van der Waals surface area contributed by atoms with Crippen LogP contribution in [0.15, 0.2) is 67.0 Å². The first-order chi connectivity index (χ1) is 14.8. The molecule has 9 heteroatoms. The quantitative estimate of drug-likeness (QED) is 0.475. The lowest BCUT2D eigenvalue weighted by molar-refractivity contribution is 0.240. The summed E-state index contributed by atoms with van der Waals surface area (Å²) in [5.41, 5.74) is 3.21. The highest BCUT2D eigenvalue weighted by Gasteiger charge is 2.15. The molecule has 1 heterocycles. The lowest BCUT2D eigenvalue weighted by Gasteiger charge is -2.13. The monoisotopic (exact) mass is 441 g/mol. The predicted molar refractivity (Wildman–Crippen MR) is 120 cm³/mol. The van der Waals surface area contributed by atoms with E-state index in [1.807, 2.05) is 48.7 Å². The van der Waals surface area contributed by atoms with Gasteiger partial charge in [0.05, 0.1) is 17.6 Å². The van der Waals surface area contributed by atoms with Gasteiger partial charge in [-0.05, 0) is 37.1 Å². The molecule has 0 aliphatic carbocycles. The third kappa shape index (κ3) is 6.94. The predicted octanol–water partition coefficient (Wildman–Crippen LogP) is 2.70. The Hall–Kier alpha value is -3.17. The fourth-order valence-corrected chi connectivity index (χ4v) is 4.56. The molecule has 0 spiro atoms. The first-order valence-corrected chi connectivity index (χ1v) is 11.6. The molecule has 0 saturated heterocycles. The van der Waals surface area contributed by atoms with Gasteiger partial charge in [0.2, 0.25) is 10.0 Å². The molecule has 8 nitrogen and oxygen atoms in total. The number of para-hydroxylation sites is 1. The second kappa shape index (κ2) is 10.2. The molecular formula is C22H27N5O3S. The largest absolute Gasteiger partial charge is 0.334 e. The molecule has 3 aromatic rings. The lowest BCUT2D eigenvalue weighted by atomic mass is 10.1. The third-order valence-electron chi connectivity index (χ3n) is 4.43. The molecule has 0 bridgehead atoms. The molecular weight excluding hydrogens is 414 g/mol. The highest BCUT2D eigenvalue weighted by atomic mass is 32.2. The number of urea groups is 1. The average molecular weight is 442 g/mol. The lowest BCUT2D eigenvalue weighted by Crippen LogP contribution is -2.35. The highest BCUT2D eigenvalue weighted by molar-refractivity contribution is 7.88. The Morgan fingerprint density at radius 1 is 0.968 bits per heavy atom. The minimum absolute atomic E-state index is 0.136. The molecule has 2 aromatic carbocycles. The van der Waals surface area contributed by atoms with Crippen LogP contribution in [0.4, 0.5) is 4.79 Å². The van der Waals surface area contributed by atoms with Crippen LogP contribution in [-0.2, 0) is 28.9 Å². The number of sulfonamides is 1. The van der Waals surface area contributed by atoms with Crippen molar-refractivity contribution in [2.24, 2.45) is 0 Å². The van der Waals surface area contributed by atoms with Gasteiger partial charge in [-0.3, -0.25) is 0 Å². The SMILES string of the molecule is CC(C)NS(=O)(=O)Cc1ccccc1CNC(=O)NCc1cnn(-c2ccccc2)c1. The summed E-state index contributed by atoms with van der Waals surface area (Å²) in [6.07, 6.45) is 3.56. The first kappa shape index (κ1) is 22.5. The zero-order valence-corrected chi connectivity index (χ0v) is 18.4. The molecule has 0 fully saturated rings. The molecule has 1 aromatic heterocycles. The maximum Gasteiger partial charge on any atom is 0.315 e. The Labute approximate surface area is 182 Å². The molecule has 3 rings (SSSR count). The number of nitrogens with one attached hydrogen (secondary N) is 3.